The topological polar surface area (TPSA) is 144 Å². The smallest absolute Gasteiger partial charge is 0.276 e. The molecule has 0 bridgehead atoms. The third kappa shape index (κ3) is 4.94. The summed E-state index contributed by atoms with van der Waals surface area (Å²) in [4.78, 5) is 23.2. The average Bonchev–Trinajstić information content (AvgIpc) is 2.79. The number of piperidine rings is 1. The molecule has 1 saturated heterocycles. The van der Waals surface area contributed by atoms with Gasteiger partial charge in [0.2, 0.25) is 10.0 Å². The molecule has 1 aliphatic heterocycles. The Morgan fingerprint density at radius 3 is 2.61 bits per heavy atom. The molecule has 4 rings (SSSR count). The highest BCUT2D eigenvalue weighted by molar-refractivity contribution is 7.89. The highest BCUT2D eigenvalue weighted by atomic mass is 32.2. The molecule has 33 heavy (non-hydrogen) atoms. The van der Waals surface area contributed by atoms with Gasteiger partial charge in [-0.05, 0) is 37.5 Å². The zero-order chi connectivity index (χ0) is 23.6. The van der Waals surface area contributed by atoms with Gasteiger partial charge in [0.1, 0.15) is 5.69 Å². The number of nitrogens with two attached hydrogens (primary N) is 2. The number of hydrogen-bond acceptors (Lipinski definition) is 7. The maximum atomic E-state index is 14.7. The maximum absolute atomic E-state index is 14.7. The van der Waals surface area contributed by atoms with Crippen molar-refractivity contribution in [3.8, 4) is 11.3 Å². The first-order valence-electron chi connectivity index (χ1n) is 10.3. The summed E-state index contributed by atoms with van der Waals surface area (Å²) in [6, 6.07) is 8.16. The molecule has 3 heterocycles. The van der Waals surface area contributed by atoms with Crippen LogP contribution in [0.15, 0.2) is 53.7 Å². The Morgan fingerprint density at radius 2 is 1.88 bits per heavy atom. The number of anilines is 3. The second kappa shape index (κ2) is 9.12. The third-order valence-corrected chi connectivity index (χ3v) is 6.31. The minimum atomic E-state index is -4.00. The van der Waals surface area contributed by atoms with Crippen molar-refractivity contribution in [2.45, 2.75) is 24.2 Å². The summed E-state index contributed by atoms with van der Waals surface area (Å²) in [5.41, 5.74) is 6.80. The highest BCUT2D eigenvalue weighted by Crippen LogP contribution is 2.30. The molecule has 1 aliphatic rings. The van der Waals surface area contributed by atoms with Crippen LogP contribution in [0.4, 0.5) is 21.5 Å². The van der Waals surface area contributed by atoms with Gasteiger partial charge < -0.3 is 16.0 Å². The molecule has 0 unspecified atom stereocenters. The first-order valence-corrected chi connectivity index (χ1v) is 11.9. The molecule has 0 radical (unpaired) electrons. The van der Waals surface area contributed by atoms with Crippen LogP contribution in [0, 0.1) is 5.82 Å². The minimum Gasteiger partial charge on any atom is -0.397 e. The van der Waals surface area contributed by atoms with E-state index in [4.69, 9.17) is 10.9 Å². The molecule has 9 nitrogen and oxygen atoms in total. The second-order valence-corrected chi connectivity index (χ2v) is 9.29. The van der Waals surface area contributed by atoms with Gasteiger partial charge in [0.25, 0.3) is 5.91 Å². The number of sulfonamides is 1. The van der Waals surface area contributed by atoms with Gasteiger partial charge >= 0.3 is 0 Å². The quantitative estimate of drug-likeness (QED) is 0.520. The van der Waals surface area contributed by atoms with Crippen LogP contribution >= 0.6 is 0 Å². The Labute approximate surface area is 190 Å². The second-order valence-electron chi connectivity index (χ2n) is 7.72. The van der Waals surface area contributed by atoms with E-state index in [9.17, 15) is 17.6 Å². The van der Waals surface area contributed by atoms with E-state index in [0.717, 1.165) is 44.1 Å². The summed E-state index contributed by atoms with van der Waals surface area (Å²) in [6.45, 7) is 1.74. The van der Waals surface area contributed by atoms with E-state index in [2.05, 4.69) is 20.2 Å². The molecular weight excluding hydrogens is 447 g/mol. The number of nitrogens with one attached hydrogen (secondary N) is 1. The van der Waals surface area contributed by atoms with Crippen LogP contribution in [-0.4, -0.2) is 37.4 Å². The molecule has 3 aromatic rings. The van der Waals surface area contributed by atoms with Crippen molar-refractivity contribution in [1.82, 2.24) is 9.97 Å². The predicted molar refractivity (Wildman–Crippen MR) is 124 cm³/mol. The molecule has 172 valence electrons. The van der Waals surface area contributed by atoms with E-state index >= 15 is 0 Å². The lowest BCUT2D eigenvalue weighted by molar-refractivity contribution is 0.102. The van der Waals surface area contributed by atoms with Crippen LogP contribution in [0.5, 0.6) is 0 Å². The largest absolute Gasteiger partial charge is 0.397 e. The molecule has 5 N–H and O–H groups in total. The van der Waals surface area contributed by atoms with Gasteiger partial charge in [-0.15, -0.1) is 0 Å². The fourth-order valence-corrected chi connectivity index (χ4v) is 4.34. The van der Waals surface area contributed by atoms with Crippen LogP contribution < -0.4 is 21.1 Å². The fourth-order valence-electron chi connectivity index (χ4n) is 3.78. The van der Waals surface area contributed by atoms with Crippen LogP contribution in [0.2, 0.25) is 0 Å². The first-order chi connectivity index (χ1) is 15.7. The van der Waals surface area contributed by atoms with Gasteiger partial charge in [-0.25, -0.2) is 22.9 Å². The number of nitrogen functional groups attached to an aromatic ring is 1. The molecule has 1 amide bonds. The number of hydrogen-bond donors (Lipinski definition) is 3. The number of nitrogens with zero attached hydrogens (tertiary/aromatic N) is 3. The molecule has 0 spiro atoms. The monoisotopic (exact) mass is 470 g/mol. The van der Waals surface area contributed by atoms with Crippen LogP contribution in [0.1, 0.15) is 29.8 Å². The third-order valence-electron chi connectivity index (χ3n) is 5.40. The molecule has 1 aromatic carbocycles. The Kier molecular flexibility index (Phi) is 6.25. The number of primary sulfonamides is 1. The van der Waals surface area contributed by atoms with E-state index in [1.807, 2.05) is 6.07 Å². The van der Waals surface area contributed by atoms with E-state index in [-0.39, 0.29) is 27.5 Å². The van der Waals surface area contributed by atoms with E-state index < -0.39 is 21.7 Å². The summed E-state index contributed by atoms with van der Waals surface area (Å²) in [5.74, 6) is -1.44. The van der Waals surface area contributed by atoms with Crippen molar-refractivity contribution >= 4 is 33.0 Å². The summed E-state index contributed by atoms with van der Waals surface area (Å²) in [7, 11) is -4.00. The number of benzene rings is 1. The summed E-state index contributed by atoms with van der Waals surface area (Å²) >= 11 is 0. The number of rotatable bonds is 5. The summed E-state index contributed by atoms with van der Waals surface area (Å²) in [6.07, 6.45) is 6.47. The Hall–Kier alpha value is -3.57. The number of pyridine rings is 2. The standard InChI is InChI=1S/C22H23FN6O3S/c23-16-12-17(24)21(28-20(16)14-5-4-6-15(11-14)33(25,31)32)22(30)27-18-13-26-8-7-19(18)29-9-2-1-3-10-29/h4-8,11-13H,1-3,9-10,24H2,(H,27,30)(H2,25,31,32). The Bertz CT molecular complexity index is 1310. The molecule has 0 saturated carbocycles. The lowest BCUT2D eigenvalue weighted by Crippen LogP contribution is -2.30. The van der Waals surface area contributed by atoms with Crippen LogP contribution in [0.25, 0.3) is 11.3 Å². The SMILES string of the molecule is Nc1cc(F)c(-c2cccc(S(N)(=O)=O)c2)nc1C(=O)Nc1cnccc1N1CCCCC1. The van der Waals surface area contributed by atoms with Gasteiger partial charge in [-0.3, -0.25) is 9.78 Å². The van der Waals surface area contributed by atoms with Gasteiger partial charge in [-0.1, -0.05) is 12.1 Å². The number of amides is 1. The minimum absolute atomic E-state index is 0.142. The number of halogens is 1. The lowest BCUT2D eigenvalue weighted by Gasteiger charge is -2.30. The van der Waals surface area contributed by atoms with Crippen molar-refractivity contribution in [2.75, 3.05) is 29.0 Å². The van der Waals surface area contributed by atoms with Crippen LogP contribution in [0.3, 0.4) is 0 Å². The average molecular weight is 471 g/mol. The van der Waals surface area contributed by atoms with Crippen molar-refractivity contribution in [1.29, 1.82) is 0 Å². The maximum Gasteiger partial charge on any atom is 0.276 e. The van der Waals surface area contributed by atoms with E-state index in [0.29, 0.717) is 5.69 Å². The summed E-state index contributed by atoms with van der Waals surface area (Å²) < 4.78 is 38.0. The lowest BCUT2D eigenvalue weighted by atomic mass is 10.1. The van der Waals surface area contributed by atoms with Gasteiger partial charge in [0.15, 0.2) is 11.5 Å². The summed E-state index contributed by atoms with van der Waals surface area (Å²) in [5, 5.41) is 7.94. The fraction of sp³-hybridized carbons (Fsp3) is 0.227. The number of carbonyl (C=O) groups is 1. The number of aromatic nitrogens is 2. The first kappa shape index (κ1) is 22.6. The van der Waals surface area contributed by atoms with Gasteiger partial charge in [0, 0.05) is 30.9 Å². The van der Waals surface area contributed by atoms with Crippen LogP contribution in [-0.2, 0) is 10.0 Å². The normalized spacial score (nSPS) is 14.2. The zero-order valence-corrected chi connectivity index (χ0v) is 18.5. The molecule has 1 fully saturated rings. The van der Waals surface area contributed by atoms with Gasteiger partial charge in [-0.2, -0.15) is 0 Å². The Balaban J connectivity index is 1.68. The molecule has 0 aliphatic carbocycles. The highest BCUT2D eigenvalue weighted by Gasteiger charge is 2.21. The number of carbonyl (C=O) groups excluding carboxylic acids is 1. The molecule has 11 heteroatoms. The zero-order valence-electron chi connectivity index (χ0n) is 17.7. The van der Waals surface area contributed by atoms with E-state index in [1.54, 1.807) is 6.20 Å². The van der Waals surface area contributed by atoms with Crippen molar-refractivity contribution < 1.29 is 17.6 Å². The molecule has 2 aromatic heterocycles. The Morgan fingerprint density at radius 1 is 1.12 bits per heavy atom. The van der Waals surface area contributed by atoms with Crippen molar-refractivity contribution in [2.24, 2.45) is 5.14 Å². The molecule has 0 atom stereocenters. The predicted octanol–water partition coefficient (Wildman–Crippen LogP) is 2.75. The van der Waals surface area contributed by atoms with E-state index in [1.165, 1.54) is 30.5 Å². The van der Waals surface area contributed by atoms with Crippen molar-refractivity contribution in [3.63, 3.8) is 0 Å². The van der Waals surface area contributed by atoms with Gasteiger partial charge in [0.05, 0.1) is 28.2 Å². The molecular formula is C22H23FN6O3S. The van der Waals surface area contributed by atoms with Crippen molar-refractivity contribution in [3.05, 3.63) is 60.3 Å².